The molecule has 1 fully saturated rings. The van der Waals surface area contributed by atoms with Gasteiger partial charge in [0.15, 0.2) is 11.5 Å². The third-order valence-electron chi connectivity index (χ3n) is 2.56. The van der Waals surface area contributed by atoms with Gasteiger partial charge in [-0.2, -0.15) is 0 Å². The first kappa shape index (κ1) is 11.6. The monoisotopic (exact) mass is 237 g/mol. The summed E-state index contributed by atoms with van der Waals surface area (Å²) in [5, 5.41) is 2.72. The Morgan fingerprint density at radius 2 is 2.29 bits per heavy atom. The van der Waals surface area contributed by atoms with Crippen LogP contribution in [0.3, 0.4) is 0 Å². The molecule has 1 amide bonds. The van der Waals surface area contributed by atoms with E-state index in [1.165, 1.54) is 0 Å². The fourth-order valence-corrected chi connectivity index (χ4v) is 1.74. The first-order valence-electron chi connectivity index (χ1n) is 5.48. The van der Waals surface area contributed by atoms with Gasteiger partial charge >= 0.3 is 6.09 Å². The molecule has 1 N–H and O–H groups in total. The van der Waals surface area contributed by atoms with E-state index in [2.05, 4.69) is 5.32 Å². The number of amides is 1. The van der Waals surface area contributed by atoms with Crippen LogP contribution in [0.25, 0.3) is 0 Å². The summed E-state index contributed by atoms with van der Waals surface area (Å²) in [5.74, 6) is 1.36. The highest BCUT2D eigenvalue weighted by atomic mass is 16.6. The van der Waals surface area contributed by atoms with Gasteiger partial charge < -0.3 is 19.5 Å². The lowest BCUT2D eigenvalue weighted by Gasteiger charge is -2.13. The van der Waals surface area contributed by atoms with Gasteiger partial charge in [0, 0.05) is 0 Å². The molecule has 0 radical (unpaired) electrons. The number of carbonyl (C=O) groups excluding carboxylic acids is 1. The summed E-state index contributed by atoms with van der Waals surface area (Å²) in [6.07, 6.45) is -0.386. The van der Waals surface area contributed by atoms with Crippen LogP contribution in [0.2, 0.25) is 0 Å². The van der Waals surface area contributed by atoms with E-state index in [9.17, 15) is 4.79 Å². The maximum atomic E-state index is 11.0. The Labute approximate surface area is 99.7 Å². The van der Waals surface area contributed by atoms with Gasteiger partial charge in [-0.15, -0.1) is 0 Å². The van der Waals surface area contributed by atoms with E-state index in [0.29, 0.717) is 24.7 Å². The van der Waals surface area contributed by atoms with E-state index in [-0.39, 0.29) is 12.1 Å². The Hall–Kier alpha value is -1.91. The molecule has 17 heavy (non-hydrogen) atoms. The van der Waals surface area contributed by atoms with Crippen LogP contribution in [0.15, 0.2) is 18.2 Å². The van der Waals surface area contributed by atoms with Crippen LogP contribution in [-0.4, -0.2) is 26.4 Å². The molecular weight excluding hydrogens is 222 g/mol. The number of nitrogens with one attached hydrogen (secondary N) is 1. The molecule has 1 aromatic carbocycles. The first-order chi connectivity index (χ1) is 8.24. The molecule has 5 heteroatoms. The van der Waals surface area contributed by atoms with E-state index < -0.39 is 0 Å². The number of hydrogen-bond acceptors (Lipinski definition) is 4. The Kier molecular flexibility index (Phi) is 3.37. The summed E-state index contributed by atoms with van der Waals surface area (Å²) in [6.45, 7) is 2.84. The number of ether oxygens (including phenoxy) is 3. The standard InChI is InChI=1S/C12H15NO4/c1-3-16-10-5-4-8(6-11(10)15-2)9-7-17-12(14)13-9/h4-6,9H,3,7H2,1-2H3,(H,13,14)/t9-/m1/s1. The highest BCUT2D eigenvalue weighted by molar-refractivity contribution is 5.70. The number of rotatable bonds is 4. The van der Waals surface area contributed by atoms with Crippen LogP contribution in [0, 0.1) is 0 Å². The number of cyclic esters (lactones) is 1. The highest BCUT2D eigenvalue weighted by Gasteiger charge is 2.24. The lowest BCUT2D eigenvalue weighted by molar-refractivity contribution is 0.177. The molecule has 1 heterocycles. The maximum Gasteiger partial charge on any atom is 0.407 e. The molecule has 1 saturated heterocycles. The van der Waals surface area contributed by atoms with E-state index in [1.807, 2.05) is 25.1 Å². The third kappa shape index (κ3) is 2.43. The summed E-state index contributed by atoms with van der Waals surface area (Å²) < 4.78 is 15.5. The van der Waals surface area contributed by atoms with Gasteiger partial charge in [-0.3, -0.25) is 0 Å². The summed E-state index contributed by atoms with van der Waals surface area (Å²) in [4.78, 5) is 11.0. The predicted molar refractivity (Wildman–Crippen MR) is 61.4 cm³/mol. The van der Waals surface area contributed by atoms with Gasteiger partial charge in [-0.05, 0) is 24.6 Å². The van der Waals surface area contributed by atoms with Gasteiger partial charge in [0.1, 0.15) is 6.61 Å². The number of benzene rings is 1. The molecule has 0 spiro atoms. The molecule has 1 aliphatic rings. The van der Waals surface area contributed by atoms with Crippen molar-refractivity contribution in [3.8, 4) is 11.5 Å². The average Bonchev–Trinajstić information content (AvgIpc) is 2.77. The fraction of sp³-hybridized carbons (Fsp3) is 0.417. The second-order valence-corrected chi connectivity index (χ2v) is 3.64. The molecule has 5 nitrogen and oxygen atoms in total. The van der Waals surface area contributed by atoms with Crippen molar-refractivity contribution in [1.82, 2.24) is 5.32 Å². The molecule has 0 aromatic heterocycles. The quantitative estimate of drug-likeness (QED) is 0.868. The molecule has 92 valence electrons. The molecule has 1 atom stereocenters. The van der Waals surface area contributed by atoms with Crippen LogP contribution in [0.4, 0.5) is 4.79 Å². The minimum atomic E-state index is -0.386. The molecule has 0 aliphatic carbocycles. The average molecular weight is 237 g/mol. The van der Waals surface area contributed by atoms with Gasteiger partial charge in [0.05, 0.1) is 19.8 Å². The van der Waals surface area contributed by atoms with Gasteiger partial charge in [0.2, 0.25) is 0 Å². The zero-order valence-corrected chi connectivity index (χ0v) is 9.86. The normalized spacial score (nSPS) is 18.5. The van der Waals surface area contributed by atoms with E-state index in [1.54, 1.807) is 7.11 Å². The predicted octanol–water partition coefficient (Wildman–Crippen LogP) is 1.87. The van der Waals surface area contributed by atoms with Gasteiger partial charge in [-0.25, -0.2) is 4.79 Å². The molecule has 2 rings (SSSR count). The largest absolute Gasteiger partial charge is 0.493 e. The Morgan fingerprint density at radius 3 is 2.88 bits per heavy atom. The number of hydrogen-bond donors (Lipinski definition) is 1. The van der Waals surface area contributed by atoms with Crippen LogP contribution >= 0.6 is 0 Å². The molecule has 0 saturated carbocycles. The minimum Gasteiger partial charge on any atom is -0.493 e. The molecule has 0 bridgehead atoms. The lowest BCUT2D eigenvalue weighted by Crippen LogP contribution is -2.18. The lowest BCUT2D eigenvalue weighted by atomic mass is 10.1. The van der Waals surface area contributed by atoms with Crippen LogP contribution in [0.5, 0.6) is 11.5 Å². The van der Waals surface area contributed by atoms with Crippen molar-refractivity contribution in [3.05, 3.63) is 23.8 Å². The molecule has 1 aromatic rings. The van der Waals surface area contributed by atoms with Crippen LogP contribution < -0.4 is 14.8 Å². The summed E-state index contributed by atoms with van der Waals surface area (Å²) in [5.41, 5.74) is 0.941. The van der Waals surface area contributed by atoms with Gasteiger partial charge in [0.25, 0.3) is 0 Å². The summed E-state index contributed by atoms with van der Waals surface area (Å²) in [6, 6.07) is 5.46. The summed E-state index contributed by atoms with van der Waals surface area (Å²) in [7, 11) is 1.59. The SMILES string of the molecule is CCOc1ccc([C@H]2COC(=O)N2)cc1OC. The van der Waals surface area contributed by atoms with Crippen LogP contribution in [-0.2, 0) is 4.74 Å². The summed E-state index contributed by atoms with van der Waals surface area (Å²) >= 11 is 0. The number of alkyl carbamates (subject to hydrolysis) is 1. The first-order valence-corrected chi connectivity index (χ1v) is 5.48. The van der Waals surface area contributed by atoms with Crippen LogP contribution in [0.1, 0.15) is 18.5 Å². The zero-order chi connectivity index (χ0) is 12.3. The van der Waals surface area contributed by atoms with Gasteiger partial charge in [-0.1, -0.05) is 6.07 Å². The van der Waals surface area contributed by atoms with Crippen molar-refractivity contribution < 1.29 is 19.0 Å². The minimum absolute atomic E-state index is 0.118. The Morgan fingerprint density at radius 1 is 1.47 bits per heavy atom. The van der Waals surface area contributed by atoms with Crippen molar-refractivity contribution in [1.29, 1.82) is 0 Å². The van der Waals surface area contributed by atoms with Crippen molar-refractivity contribution >= 4 is 6.09 Å². The maximum absolute atomic E-state index is 11.0. The fourth-order valence-electron chi connectivity index (χ4n) is 1.74. The topological polar surface area (TPSA) is 56.8 Å². The van der Waals surface area contributed by atoms with E-state index in [0.717, 1.165) is 5.56 Å². The number of carbonyl (C=O) groups is 1. The smallest absolute Gasteiger partial charge is 0.407 e. The van der Waals surface area contributed by atoms with Crippen molar-refractivity contribution in [2.24, 2.45) is 0 Å². The Balaban J connectivity index is 2.22. The second kappa shape index (κ2) is 4.95. The Bertz CT molecular complexity index is 419. The molecule has 0 unspecified atom stereocenters. The van der Waals surface area contributed by atoms with E-state index >= 15 is 0 Å². The molecule has 1 aliphatic heterocycles. The zero-order valence-electron chi connectivity index (χ0n) is 9.86. The molecular formula is C12H15NO4. The number of methoxy groups -OCH3 is 1. The van der Waals surface area contributed by atoms with Crippen molar-refractivity contribution in [3.63, 3.8) is 0 Å². The third-order valence-corrected chi connectivity index (χ3v) is 2.56. The van der Waals surface area contributed by atoms with Crippen molar-refractivity contribution in [2.45, 2.75) is 13.0 Å². The highest BCUT2D eigenvalue weighted by Crippen LogP contribution is 2.31. The van der Waals surface area contributed by atoms with E-state index in [4.69, 9.17) is 14.2 Å². The van der Waals surface area contributed by atoms with Crippen molar-refractivity contribution in [2.75, 3.05) is 20.3 Å². The second-order valence-electron chi connectivity index (χ2n) is 3.64.